The maximum Gasteiger partial charge on any atom is 0.220 e. The number of hydrogen-bond donors (Lipinski definition) is 2. The van der Waals surface area contributed by atoms with Gasteiger partial charge in [0.05, 0.1) is 6.61 Å². The largest absolute Gasteiger partial charge is 0.383 e. The SMILES string of the molecule is COCCN(C)CCNC(=O)CCC1CCCNC1. The number of nitrogens with one attached hydrogen (secondary N) is 2. The van der Waals surface area contributed by atoms with Crippen molar-refractivity contribution < 1.29 is 9.53 Å². The molecule has 2 N–H and O–H groups in total. The predicted octanol–water partition coefficient (Wildman–Crippen LogP) is 0.461. The fraction of sp³-hybridized carbons (Fsp3) is 0.929. The van der Waals surface area contributed by atoms with E-state index in [9.17, 15) is 4.79 Å². The summed E-state index contributed by atoms with van der Waals surface area (Å²) >= 11 is 0. The van der Waals surface area contributed by atoms with Crippen LogP contribution in [-0.4, -0.2) is 64.3 Å². The summed E-state index contributed by atoms with van der Waals surface area (Å²) in [6.07, 6.45) is 4.18. The average molecular weight is 271 g/mol. The molecule has 0 radical (unpaired) electrons. The molecule has 5 nitrogen and oxygen atoms in total. The van der Waals surface area contributed by atoms with Crippen molar-refractivity contribution >= 4 is 5.91 Å². The molecule has 1 fully saturated rings. The van der Waals surface area contributed by atoms with Crippen molar-refractivity contribution in [1.29, 1.82) is 0 Å². The minimum absolute atomic E-state index is 0.186. The van der Waals surface area contributed by atoms with Gasteiger partial charge in [-0.25, -0.2) is 0 Å². The molecular formula is C14H29N3O2. The van der Waals surface area contributed by atoms with Crippen molar-refractivity contribution in [1.82, 2.24) is 15.5 Å². The summed E-state index contributed by atoms with van der Waals surface area (Å²) < 4.78 is 5.01. The van der Waals surface area contributed by atoms with Crippen LogP contribution in [0.5, 0.6) is 0 Å². The standard InChI is InChI=1S/C14H29N3O2/c1-17(10-11-19-2)9-8-16-14(18)6-5-13-4-3-7-15-12-13/h13,15H,3-12H2,1-2H3,(H,16,18). The second kappa shape index (κ2) is 10.2. The fourth-order valence-electron chi connectivity index (χ4n) is 2.34. The van der Waals surface area contributed by atoms with Gasteiger partial charge in [-0.15, -0.1) is 0 Å². The molecule has 112 valence electrons. The van der Waals surface area contributed by atoms with E-state index >= 15 is 0 Å². The zero-order valence-electron chi connectivity index (χ0n) is 12.4. The van der Waals surface area contributed by atoms with Gasteiger partial charge < -0.3 is 20.3 Å². The zero-order chi connectivity index (χ0) is 13.9. The molecule has 5 heteroatoms. The van der Waals surface area contributed by atoms with E-state index in [1.54, 1.807) is 7.11 Å². The molecule has 1 saturated heterocycles. The molecule has 0 aromatic rings. The van der Waals surface area contributed by atoms with E-state index in [1.165, 1.54) is 12.8 Å². The lowest BCUT2D eigenvalue weighted by molar-refractivity contribution is -0.121. The molecule has 0 aliphatic carbocycles. The van der Waals surface area contributed by atoms with Gasteiger partial charge in [-0.05, 0) is 45.3 Å². The smallest absolute Gasteiger partial charge is 0.220 e. The van der Waals surface area contributed by atoms with Crippen LogP contribution in [-0.2, 0) is 9.53 Å². The second-order valence-electron chi connectivity index (χ2n) is 5.40. The van der Waals surface area contributed by atoms with Crippen LogP contribution in [0.25, 0.3) is 0 Å². The van der Waals surface area contributed by atoms with E-state index in [0.29, 0.717) is 12.3 Å². The van der Waals surface area contributed by atoms with Gasteiger partial charge in [0, 0.05) is 33.2 Å². The van der Waals surface area contributed by atoms with Crippen LogP contribution in [0.15, 0.2) is 0 Å². The number of carbonyl (C=O) groups excluding carboxylic acids is 1. The zero-order valence-corrected chi connectivity index (χ0v) is 12.4. The Morgan fingerprint density at radius 3 is 3.00 bits per heavy atom. The molecule has 1 amide bonds. The van der Waals surface area contributed by atoms with Gasteiger partial charge in [0.1, 0.15) is 0 Å². The number of hydrogen-bond acceptors (Lipinski definition) is 4. The summed E-state index contributed by atoms with van der Waals surface area (Å²) in [5, 5.41) is 6.37. The molecule has 0 saturated carbocycles. The summed E-state index contributed by atoms with van der Waals surface area (Å²) in [5.74, 6) is 0.870. The highest BCUT2D eigenvalue weighted by Crippen LogP contribution is 2.15. The van der Waals surface area contributed by atoms with Gasteiger partial charge >= 0.3 is 0 Å². The monoisotopic (exact) mass is 271 g/mol. The molecule has 19 heavy (non-hydrogen) atoms. The third kappa shape index (κ3) is 8.18. The number of rotatable bonds is 9. The Hall–Kier alpha value is -0.650. The van der Waals surface area contributed by atoms with Crippen molar-refractivity contribution in [3.8, 4) is 0 Å². The molecule has 0 bridgehead atoms. The van der Waals surface area contributed by atoms with Crippen molar-refractivity contribution in [3.63, 3.8) is 0 Å². The Morgan fingerprint density at radius 2 is 2.32 bits per heavy atom. The molecule has 1 aliphatic heterocycles. The Kier molecular flexibility index (Phi) is 8.79. The number of piperidine rings is 1. The normalized spacial score (nSPS) is 19.6. The third-order valence-electron chi connectivity index (χ3n) is 3.67. The second-order valence-corrected chi connectivity index (χ2v) is 5.40. The molecule has 1 aliphatic rings. The predicted molar refractivity (Wildman–Crippen MR) is 77.2 cm³/mol. The van der Waals surface area contributed by atoms with Crippen LogP contribution in [0.3, 0.4) is 0 Å². The Labute approximate surface area is 117 Å². The first kappa shape index (κ1) is 16.4. The Balaban J connectivity index is 1.98. The van der Waals surface area contributed by atoms with Crippen LogP contribution in [0.4, 0.5) is 0 Å². The summed E-state index contributed by atoms with van der Waals surface area (Å²) in [4.78, 5) is 13.9. The number of methoxy groups -OCH3 is 1. The number of nitrogens with zero attached hydrogens (tertiary/aromatic N) is 1. The molecule has 1 heterocycles. The highest BCUT2D eigenvalue weighted by atomic mass is 16.5. The molecule has 1 rings (SSSR count). The van der Waals surface area contributed by atoms with Crippen LogP contribution in [0.2, 0.25) is 0 Å². The Bertz CT molecular complexity index is 243. The van der Waals surface area contributed by atoms with Gasteiger partial charge in [-0.1, -0.05) is 0 Å². The highest BCUT2D eigenvalue weighted by Gasteiger charge is 2.14. The molecule has 0 spiro atoms. The minimum Gasteiger partial charge on any atom is -0.383 e. The summed E-state index contributed by atoms with van der Waals surface area (Å²) in [6, 6.07) is 0. The third-order valence-corrected chi connectivity index (χ3v) is 3.67. The van der Waals surface area contributed by atoms with Crippen LogP contribution < -0.4 is 10.6 Å². The molecule has 1 unspecified atom stereocenters. The summed E-state index contributed by atoms with van der Waals surface area (Å²) in [6.45, 7) is 5.45. The lowest BCUT2D eigenvalue weighted by Crippen LogP contribution is -2.35. The van der Waals surface area contributed by atoms with E-state index in [0.717, 1.165) is 45.8 Å². The minimum atomic E-state index is 0.186. The number of amides is 1. The van der Waals surface area contributed by atoms with Crippen LogP contribution >= 0.6 is 0 Å². The topological polar surface area (TPSA) is 53.6 Å². The van der Waals surface area contributed by atoms with E-state index in [2.05, 4.69) is 15.5 Å². The van der Waals surface area contributed by atoms with Gasteiger partial charge in [0.15, 0.2) is 0 Å². The summed E-state index contributed by atoms with van der Waals surface area (Å²) in [7, 11) is 3.74. The Morgan fingerprint density at radius 1 is 1.47 bits per heavy atom. The lowest BCUT2D eigenvalue weighted by atomic mass is 9.94. The molecule has 0 aromatic heterocycles. The molecular weight excluding hydrogens is 242 g/mol. The van der Waals surface area contributed by atoms with E-state index in [-0.39, 0.29) is 5.91 Å². The van der Waals surface area contributed by atoms with Crippen molar-refractivity contribution in [2.24, 2.45) is 5.92 Å². The highest BCUT2D eigenvalue weighted by molar-refractivity contribution is 5.75. The fourth-order valence-corrected chi connectivity index (χ4v) is 2.34. The van der Waals surface area contributed by atoms with E-state index in [4.69, 9.17) is 4.74 Å². The average Bonchev–Trinajstić information content (AvgIpc) is 2.44. The van der Waals surface area contributed by atoms with Gasteiger partial charge in [-0.2, -0.15) is 0 Å². The number of likely N-dealkylation sites (N-methyl/N-ethyl adjacent to an activating group) is 1. The van der Waals surface area contributed by atoms with E-state index < -0.39 is 0 Å². The first-order valence-corrected chi connectivity index (χ1v) is 7.37. The van der Waals surface area contributed by atoms with E-state index in [1.807, 2.05) is 7.05 Å². The lowest BCUT2D eigenvalue weighted by Gasteiger charge is -2.22. The van der Waals surface area contributed by atoms with Crippen LogP contribution in [0.1, 0.15) is 25.7 Å². The van der Waals surface area contributed by atoms with Gasteiger partial charge in [-0.3, -0.25) is 4.79 Å². The van der Waals surface area contributed by atoms with Crippen molar-refractivity contribution in [3.05, 3.63) is 0 Å². The van der Waals surface area contributed by atoms with Crippen LogP contribution in [0, 0.1) is 5.92 Å². The first-order chi connectivity index (χ1) is 9.22. The van der Waals surface area contributed by atoms with Gasteiger partial charge in [0.25, 0.3) is 0 Å². The van der Waals surface area contributed by atoms with Crippen molar-refractivity contribution in [2.45, 2.75) is 25.7 Å². The maximum atomic E-state index is 11.7. The molecule has 1 atom stereocenters. The van der Waals surface area contributed by atoms with Gasteiger partial charge in [0.2, 0.25) is 5.91 Å². The van der Waals surface area contributed by atoms with Crippen molar-refractivity contribution in [2.75, 3.05) is 53.5 Å². The number of ether oxygens (including phenoxy) is 1. The number of carbonyl (C=O) groups is 1. The quantitative estimate of drug-likeness (QED) is 0.640. The molecule has 0 aromatic carbocycles. The summed E-state index contributed by atoms with van der Waals surface area (Å²) in [5.41, 5.74) is 0. The first-order valence-electron chi connectivity index (χ1n) is 7.37. The maximum absolute atomic E-state index is 11.7.